The van der Waals surface area contributed by atoms with Crippen LogP contribution < -0.4 is 5.32 Å². The third-order valence-electron chi connectivity index (χ3n) is 5.32. The van der Waals surface area contributed by atoms with Crippen molar-refractivity contribution < 1.29 is 9.90 Å². The van der Waals surface area contributed by atoms with Crippen molar-refractivity contribution in [3.05, 3.63) is 0 Å². The molecule has 2 aliphatic rings. The summed E-state index contributed by atoms with van der Waals surface area (Å²) in [5.74, 6) is 0.237. The first-order chi connectivity index (χ1) is 10.2. The standard InChI is InChI=1S/C17H32N2O2/c1-15(16(21)19-11-7-2-3-8-12-19)18-13-17(14-20)9-5-4-6-10-17/h15,18,20H,2-14H2,1H3. The Labute approximate surface area is 129 Å². The smallest absolute Gasteiger partial charge is 0.239 e. The fraction of sp³-hybridized carbons (Fsp3) is 0.941. The Hall–Kier alpha value is -0.610. The van der Waals surface area contributed by atoms with E-state index >= 15 is 0 Å². The minimum Gasteiger partial charge on any atom is -0.396 e. The van der Waals surface area contributed by atoms with E-state index < -0.39 is 0 Å². The van der Waals surface area contributed by atoms with E-state index in [0.29, 0.717) is 0 Å². The van der Waals surface area contributed by atoms with Gasteiger partial charge in [0.1, 0.15) is 0 Å². The van der Waals surface area contributed by atoms with Crippen LogP contribution in [0.4, 0.5) is 0 Å². The topological polar surface area (TPSA) is 52.6 Å². The summed E-state index contributed by atoms with van der Waals surface area (Å²) in [5, 5.41) is 13.2. The molecule has 0 aromatic rings. The number of amides is 1. The fourth-order valence-corrected chi connectivity index (χ4v) is 3.71. The Bertz CT molecular complexity index is 319. The minimum absolute atomic E-state index is 0.00553. The first kappa shape index (κ1) is 16.8. The van der Waals surface area contributed by atoms with Gasteiger partial charge in [0.25, 0.3) is 0 Å². The molecule has 4 nitrogen and oxygen atoms in total. The molecular weight excluding hydrogens is 264 g/mol. The summed E-state index contributed by atoms with van der Waals surface area (Å²) in [6.07, 6.45) is 10.6. The number of carbonyl (C=O) groups excluding carboxylic acids is 1. The Morgan fingerprint density at radius 2 is 1.67 bits per heavy atom. The number of hydrogen-bond donors (Lipinski definition) is 2. The predicted molar refractivity (Wildman–Crippen MR) is 85.1 cm³/mol. The zero-order valence-electron chi connectivity index (χ0n) is 13.6. The molecular formula is C17H32N2O2. The Morgan fingerprint density at radius 1 is 1.10 bits per heavy atom. The summed E-state index contributed by atoms with van der Waals surface area (Å²) < 4.78 is 0. The molecule has 4 heteroatoms. The number of hydrogen-bond acceptors (Lipinski definition) is 3. The molecule has 0 aromatic heterocycles. The van der Waals surface area contributed by atoms with Gasteiger partial charge in [-0.25, -0.2) is 0 Å². The number of nitrogens with one attached hydrogen (secondary N) is 1. The summed E-state index contributed by atoms with van der Waals surface area (Å²) in [6.45, 7) is 4.81. The quantitative estimate of drug-likeness (QED) is 0.818. The Morgan fingerprint density at radius 3 is 2.24 bits per heavy atom. The molecule has 1 atom stereocenters. The van der Waals surface area contributed by atoms with E-state index in [0.717, 1.165) is 45.3 Å². The first-order valence-electron chi connectivity index (χ1n) is 8.80. The lowest BCUT2D eigenvalue weighted by atomic mass is 9.74. The first-order valence-corrected chi connectivity index (χ1v) is 8.80. The van der Waals surface area contributed by atoms with Crippen molar-refractivity contribution in [3.63, 3.8) is 0 Å². The van der Waals surface area contributed by atoms with Gasteiger partial charge in [-0.2, -0.15) is 0 Å². The average molecular weight is 296 g/mol. The maximum atomic E-state index is 12.5. The van der Waals surface area contributed by atoms with Crippen molar-refractivity contribution in [1.82, 2.24) is 10.2 Å². The molecule has 2 N–H and O–H groups in total. The largest absolute Gasteiger partial charge is 0.396 e. The van der Waals surface area contributed by atoms with Crippen molar-refractivity contribution in [2.24, 2.45) is 5.41 Å². The summed E-state index contributed by atoms with van der Waals surface area (Å²) in [6, 6.07) is -0.131. The lowest BCUT2D eigenvalue weighted by molar-refractivity contribution is -0.133. The summed E-state index contributed by atoms with van der Waals surface area (Å²) in [4.78, 5) is 14.5. The van der Waals surface area contributed by atoms with E-state index in [2.05, 4.69) is 5.32 Å². The van der Waals surface area contributed by atoms with Crippen molar-refractivity contribution >= 4 is 5.91 Å². The molecule has 1 unspecified atom stereocenters. The van der Waals surface area contributed by atoms with Crippen LogP contribution in [0.25, 0.3) is 0 Å². The molecule has 1 aliphatic heterocycles. The van der Waals surface area contributed by atoms with Gasteiger partial charge in [-0.1, -0.05) is 32.1 Å². The highest BCUT2D eigenvalue weighted by Gasteiger charge is 2.32. The lowest BCUT2D eigenvalue weighted by Gasteiger charge is -2.37. The second-order valence-corrected chi connectivity index (χ2v) is 7.06. The normalized spacial score (nSPS) is 24.4. The molecule has 2 rings (SSSR count). The number of likely N-dealkylation sites (tertiary alicyclic amines) is 1. The number of rotatable bonds is 5. The van der Waals surface area contributed by atoms with Gasteiger partial charge in [0.15, 0.2) is 0 Å². The molecule has 0 bridgehead atoms. The van der Waals surface area contributed by atoms with Gasteiger partial charge in [-0.3, -0.25) is 4.79 Å². The Balaban J connectivity index is 1.82. The van der Waals surface area contributed by atoms with Crippen LogP contribution >= 0.6 is 0 Å². The second kappa shape index (κ2) is 8.14. The zero-order valence-corrected chi connectivity index (χ0v) is 13.6. The number of aliphatic hydroxyl groups excluding tert-OH is 1. The highest BCUT2D eigenvalue weighted by molar-refractivity contribution is 5.81. The third-order valence-corrected chi connectivity index (χ3v) is 5.32. The van der Waals surface area contributed by atoms with E-state index in [9.17, 15) is 9.90 Å². The number of nitrogens with zero attached hydrogens (tertiary/aromatic N) is 1. The van der Waals surface area contributed by atoms with E-state index in [1.165, 1.54) is 32.1 Å². The van der Waals surface area contributed by atoms with Gasteiger partial charge in [0.2, 0.25) is 5.91 Å². The van der Waals surface area contributed by atoms with Crippen LogP contribution in [0.1, 0.15) is 64.7 Å². The molecule has 21 heavy (non-hydrogen) atoms. The van der Waals surface area contributed by atoms with Crippen molar-refractivity contribution in [3.8, 4) is 0 Å². The third kappa shape index (κ3) is 4.68. The molecule has 2 fully saturated rings. The van der Waals surface area contributed by atoms with Gasteiger partial charge < -0.3 is 15.3 Å². The summed E-state index contributed by atoms with van der Waals surface area (Å²) in [7, 11) is 0. The fourth-order valence-electron chi connectivity index (χ4n) is 3.71. The van der Waals surface area contributed by atoms with Gasteiger partial charge in [-0.05, 0) is 32.6 Å². The molecule has 0 spiro atoms. The highest BCUT2D eigenvalue weighted by atomic mass is 16.3. The van der Waals surface area contributed by atoms with Crippen LogP contribution in [-0.2, 0) is 4.79 Å². The molecule has 1 saturated heterocycles. The highest BCUT2D eigenvalue weighted by Crippen LogP contribution is 2.35. The van der Waals surface area contributed by atoms with Crippen LogP contribution in [0.2, 0.25) is 0 Å². The van der Waals surface area contributed by atoms with E-state index in [1.54, 1.807) is 0 Å². The van der Waals surface area contributed by atoms with Gasteiger partial charge in [-0.15, -0.1) is 0 Å². The zero-order chi connectivity index (χ0) is 15.1. The Kier molecular flexibility index (Phi) is 6.49. The second-order valence-electron chi connectivity index (χ2n) is 7.06. The predicted octanol–water partition coefficient (Wildman–Crippen LogP) is 2.31. The number of carbonyl (C=O) groups is 1. The maximum Gasteiger partial charge on any atom is 0.239 e. The molecule has 1 aliphatic carbocycles. The summed E-state index contributed by atoms with van der Waals surface area (Å²) >= 11 is 0. The van der Waals surface area contributed by atoms with E-state index in [4.69, 9.17) is 0 Å². The van der Waals surface area contributed by atoms with Crippen molar-refractivity contribution in [2.45, 2.75) is 70.8 Å². The molecule has 122 valence electrons. The van der Waals surface area contributed by atoms with Crippen LogP contribution in [0.5, 0.6) is 0 Å². The molecule has 0 radical (unpaired) electrons. The van der Waals surface area contributed by atoms with Gasteiger partial charge >= 0.3 is 0 Å². The van der Waals surface area contributed by atoms with Crippen LogP contribution in [-0.4, -0.2) is 48.2 Å². The maximum absolute atomic E-state index is 12.5. The van der Waals surface area contributed by atoms with Gasteiger partial charge in [0, 0.05) is 31.7 Å². The SMILES string of the molecule is CC(NCC1(CO)CCCCC1)C(=O)N1CCCCCC1. The average Bonchev–Trinajstić information content (AvgIpc) is 2.82. The number of aliphatic hydroxyl groups is 1. The minimum atomic E-state index is -0.131. The molecule has 1 heterocycles. The molecule has 0 aromatic carbocycles. The lowest BCUT2D eigenvalue weighted by Crippen LogP contribution is -2.49. The molecule has 1 amide bonds. The van der Waals surface area contributed by atoms with Crippen LogP contribution in [0.3, 0.4) is 0 Å². The molecule has 1 saturated carbocycles. The van der Waals surface area contributed by atoms with Crippen molar-refractivity contribution in [1.29, 1.82) is 0 Å². The van der Waals surface area contributed by atoms with Crippen LogP contribution in [0.15, 0.2) is 0 Å². The van der Waals surface area contributed by atoms with E-state index in [1.807, 2.05) is 11.8 Å². The summed E-state index contributed by atoms with van der Waals surface area (Å²) in [5.41, 5.74) is 0.00553. The van der Waals surface area contributed by atoms with E-state index in [-0.39, 0.29) is 24.0 Å². The van der Waals surface area contributed by atoms with Crippen LogP contribution in [0, 0.1) is 5.41 Å². The van der Waals surface area contributed by atoms with Gasteiger partial charge in [0.05, 0.1) is 6.04 Å². The monoisotopic (exact) mass is 296 g/mol. The van der Waals surface area contributed by atoms with Crippen molar-refractivity contribution in [2.75, 3.05) is 26.2 Å².